The molecule has 0 bridgehead atoms. The first-order valence-corrected chi connectivity index (χ1v) is 4.47. The first-order valence-electron chi connectivity index (χ1n) is 4.47. The molecule has 0 saturated heterocycles. The van der Waals surface area contributed by atoms with Gasteiger partial charge in [-0.05, 0) is 6.92 Å². The predicted molar refractivity (Wildman–Crippen MR) is 50.5 cm³/mol. The maximum atomic E-state index is 12.7. The lowest BCUT2D eigenvalue weighted by molar-refractivity contribution is -0.122. The van der Waals surface area contributed by atoms with Gasteiger partial charge in [0.15, 0.2) is 6.61 Å². The van der Waals surface area contributed by atoms with Gasteiger partial charge in [0.1, 0.15) is 17.4 Å². The van der Waals surface area contributed by atoms with Crippen LogP contribution in [-0.2, 0) is 4.79 Å². The minimum atomic E-state index is -0.735. The van der Waals surface area contributed by atoms with Crippen molar-refractivity contribution in [1.29, 1.82) is 0 Å². The summed E-state index contributed by atoms with van der Waals surface area (Å²) >= 11 is 0. The topological polar surface area (TPSA) is 38.3 Å². The minimum Gasteiger partial charge on any atom is -0.484 e. The molecule has 0 aromatic heterocycles. The Morgan fingerprint density at radius 2 is 1.93 bits per heavy atom. The molecule has 0 aliphatic carbocycles. The van der Waals surface area contributed by atoms with Crippen molar-refractivity contribution in [2.24, 2.45) is 0 Å². The molecule has 0 atom stereocenters. The van der Waals surface area contributed by atoms with E-state index in [1.165, 1.54) is 0 Å². The minimum absolute atomic E-state index is 0.00115. The number of likely N-dealkylation sites (N-methyl/N-ethyl adjacent to an activating group) is 1. The highest BCUT2D eigenvalue weighted by molar-refractivity contribution is 5.77. The van der Waals surface area contributed by atoms with Crippen molar-refractivity contribution in [2.75, 3.05) is 13.2 Å². The van der Waals surface area contributed by atoms with Crippen molar-refractivity contribution in [3.63, 3.8) is 0 Å². The molecular weight excluding hydrogens is 204 g/mol. The third-order valence-electron chi connectivity index (χ3n) is 1.58. The van der Waals surface area contributed by atoms with E-state index in [1.54, 1.807) is 6.92 Å². The second-order valence-corrected chi connectivity index (χ2v) is 2.85. The molecule has 0 fully saturated rings. The number of nitrogens with one attached hydrogen (secondary N) is 1. The Balaban J connectivity index is 2.54. The molecule has 5 heteroatoms. The van der Waals surface area contributed by atoms with Gasteiger partial charge in [-0.1, -0.05) is 0 Å². The van der Waals surface area contributed by atoms with Crippen molar-refractivity contribution in [3.05, 3.63) is 29.8 Å². The summed E-state index contributed by atoms with van der Waals surface area (Å²) in [5.41, 5.74) is 0. The van der Waals surface area contributed by atoms with Gasteiger partial charge in [-0.15, -0.1) is 0 Å². The molecule has 1 rings (SSSR count). The fourth-order valence-corrected chi connectivity index (χ4v) is 1.01. The normalized spacial score (nSPS) is 9.80. The molecule has 0 unspecified atom stereocenters. The number of carbonyl (C=O) groups excluding carboxylic acids is 1. The third-order valence-corrected chi connectivity index (χ3v) is 1.58. The summed E-state index contributed by atoms with van der Waals surface area (Å²) in [5.74, 6) is -1.80. The molecule has 0 heterocycles. The number of halogens is 2. The molecule has 1 amide bonds. The molecule has 15 heavy (non-hydrogen) atoms. The van der Waals surface area contributed by atoms with Crippen molar-refractivity contribution >= 4 is 5.91 Å². The van der Waals surface area contributed by atoms with Crippen molar-refractivity contribution in [3.8, 4) is 5.75 Å². The van der Waals surface area contributed by atoms with Crippen LogP contribution in [-0.4, -0.2) is 19.1 Å². The fourth-order valence-electron chi connectivity index (χ4n) is 1.01. The Morgan fingerprint density at radius 3 is 2.47 bits per heavy atom. The van der Waals surface area contributed by atoms with E-state index in [0.29, 0.717) is 6.54 Å². The molecule has 0 aliphatic rings. The van der Waals surface area contributed by atoms with E-state index in [9.17, 15) is 13.6 Å². The van der Waals surface area contributed by atoms with Gasteiger partial charge in [-0.2, -0.15) is 0 Å². The van der Waals surface area contributed by atoms with Gasteiger partial charge in [0.2, 0.25) is 0 Å². The summed E-state index contributed by atoms with van der Waals surface area (Å²) in [5, 5.41) is 2.49. The summed E-state index contributed by atoms with van der Waals surface area (Å²) in [7, 11) is 0. The maximum Gasteiger partial charge on any atom is 0.257 e. The highest BCUT2D eigenvalue weighted by Gasteiger charge is 2.04. The smallest absolute Gasteiger partial charge is 0.257 e. The molecule has 1 N–H and O–H groups in total. The van der Waals surface area contributed by atoms with Crippen molar-refractivity contribution in [1.82, 2.24) is 5.32 Å². The van der Waals surface area contributed by atoms with E-state index in [2.05, 4.69) is 5.32 Å². The van der Waals surface area contributed by atoms with E-state index >= 15 is 0 Å². The zero-order valence-electron chi connectivity index (χ0n) is 8.22. The molecule has 3 nitrogen and oxygen atoms in total. The summed E-state index contributed by atoms with van der Waals surface area (Å²) in [6, 6.07) is 2.77. The lowest BCUT2D eigenvalue weighted by Gasteiger charge is -2.06. The fraction of sp³-hybridized carbons (Fsp3) is 0.300. The lowest BCUT2D eigenvalue weighted by atomic mass is 10.3. The number of ether oxygens (including phenoxy) is 1. The highest BCUT2D eigenvalue weighted by atomic mass is 19.1. The average molecular weight is 215 g/mol. The first-order chi connectivity index (χ1) is 7.11. The number of rotatable bonds is 4. The van der Waals surface area contributed by atoms with E-state index in [1.807, 2.05) is 0 Å². The van der Waals surface area contributed by atoms with Crippen LogP contribution >= 0.6 is 0 Å². The van der Waals surface area contributed by atoms with Crippen LogP contribution < -0.4 is 10.1 Å². The quantitative estimate of drug-likeness (QED) is 0.826. The monoisotopic (exact) mass is 215 g/mol. The van der Waals surface area contributed by atoms with E-state index < -0.39 is 11.6 Å². The second kappa shape index (κ2) is 5.29. The zero-order chi connectivity index (χ0) is 11.3. The number of carbonyl (C=O) groups is 1. The third kappa shape index (κ3) is 3.93. The summed E-state index contributed by atoms with van der Waals surface area (Å²) in [6.45, 7) is 2.00. The lowest BCUT2D eigenvalue weighted by Crippen LogP contribution is -2.28. The molecule has 1 aromatic rings. The van der Waals surface area contributed by atoms with E-state index in [-0.39, 0.29) is 18.3 Å². The molecule has 0 aliphatic heterocycles. The van der Waals surface area contributed by atoms with Gasteiger partial charge in [0.25, 0.3) is 5.91 Å². The van der Waals surface area contributed by atoms with Crippen LogP contribution in [0.15, 0.2) is 18.2 Å². The zero-order valence-corrected chi connectivity index (χ0v) is 8.22. The van der Waals surface area contributed by atoms with Crippen LogP contribution in [0.2, 0.25) is 0 Å². The van der Waals surface area contributed by atoms with Gasteiger partial charge >= 0.3 is 0 Å². The van der Waals surface area contributed by atoms with Crippen LogP contribution in [0.4, 0.5) is 8.78 Å². The standard InChI is InChI=1S/C10H11F2NO2/c1-2-13-10(14)6-15-9-4-7(11)3-8(12)5-9/h3-5H,2,6H2,1H3,(H,13,14). The first kappa shape index (κ1) is 11.4. The molecule has 0 saturated carbocycles. The largest absolute Gasteiger partial charge is 0.484 e. The Bertz CT molecular complexity index is 335. The number of hydrogen-bond acceptors (Lipinski definition) is 2. The summed E-state index contributed by atoms with van der Waals surface area (Å²) < 4.78 is 30.2. The second-order valence-electron chi connectivity index (χ2n) is 2.85. The van der Waals surface area contributed by atoms with E-state index in [4.69, 9.17) is 4.74 Å². The average Bonchev–Trinajstić information content (AvgIpc) is 2.14. The molecular formula is C10H11F2NO2. The van der Waals surface area contributed by atoms with Crippen molar-refractivity contribution in [2.45, 2.75) is 6.92 Å². The van der Waals surface area contributed by atoms with Crippen LogP contribution in [0.3, 0.4) is 0 Å². The van der Waals surface area contributed by atoms with Crippen LogP contribution in [0.1, 0.15) is 6.92 Å². The van der Waals surface area contributed by atoms with Gasteiger partial charge in [0, 0.05) is 24.7 Å². The Kier molecular flexibility index (Phi) is 4.03. The Hall–Kier alpha value is -1.65. The van der Waals surface area contributed by atoms with Crippen molar-refractivity contribution < 1.29 is 18.3 Å². The SMILES string of the molecule is CCNC(=O)COc1cc(F)cc(F)c1. The number of amides is 1. The van der Waals surface area contributed by atoms with Gasteiger partial charge in [-0.25, -0.2) is 8.78 Å². The number of benzene rings is 1. The van der Waals surface area contributed by atoms with Crippen LogP contribution in [0.25, 0.3) is 0 Å². The number of hydrogen-bond donors (Lipinski definition) is 1. The van der Waals surface area contributed by atoms with Crippen LogP contribution in [0, 0.1) is 11.6 Å². The maximum absolute atomic E-state index is 12.7. The van der Waals surface area contributed by atoms with Crippen LogP contribution in [0.5, 0.6) is 5.75 Å². The van der Waals surface area contributed by atoms with Gasteiger partial charge in [0.05, 0.1) is 0 Å². The molecule has 1 aromatic carbocycles. The highest BCUT2D eigenvalue weighted by Crippen LogP contribution is 2.14. The van der Waals surface area contributed by atoms with Gasteiger partial charge < -0.3 is 10.1 Å². The van der Waals surface area contributed by atoms with Gasteiger partial charge in [-0.3, -0.25) is 4.79 Å². The Labute approximate surface area is 86.0 Å². The molecule has 82 valence electrons. The Morgan fingerprint density at radius 1 is 1.33 bits per heavy atom. The van der Waals surface area contributed by atoms with E-state index in [0.717, 1.165) is 18.2 Å². The molecule has 0 spiro atoms. The summed E-state index contributed by atoms with van der Waals surface area (Å²) in [4.78, 5) is 11.0. The predicted octanol–water partition coefficient (Wildman–Crippen LogP) is 1.48. The summed E-state index contributed by atoms with van der Waals surface area (Å²) in [6.07, 6.45) is 0. The molecule has 0 radical (unpaired) electrons.